The van der Waals surface area contributed by atoms with E-state index in [0.717, 1.165) is 22.4 Å². The predicted molar refractivity (Wildman–Crippen MR) is 79.9 cm³/mol. The average molecular weight is 293 g/mol. The first kappa shape index (κ1) is 14.8. The fraction of sp³-hybridized carbons (Fsp3) is 0.467. The van der Waals surface area contributed by atoms with Crippen molar-refractivity contribution in [1.82, 2.24) is 5.32 Å². The average Bonchev–Trinajstić information content (AvgIpc) is 3.17. The minimum Gasteiger partial charge on any atom is -0.478 e. The number of rotatable bonds is 6. The van der Waals surface area contributed by atoms with Crippen LogP contribution in [-0.2, 0) is 4.79 Å². The molecule has 1 aromatic rings. The van der Waals surface area contributed by atoms with E-state index in [1.54, 1.807) is 0 Å². The van der Waals surface area contributed by atoms with E-state index in [9.17, 15) is 9.59 Å². The van der Waals surface area contributed by atoms with Crippen LogP contribution in [0, 0.1) is 18.8 Å². The van der Waals surface area contributed by atoms with Crippen molar-refractivity contribution in [1.29, 1.82) is 0 Å². The number of aryl methyl sites for hydroxylation is 1. The first-order valence-electron chi connectivity index (χ1n) is 6.77. The van der Waals surface area contributed by atoms with Crippen molar-refractivity contribution in [2.75, 3.05) is 6.54 Å². The van der Waals surface area contributed by atoms with Crippen LogP contribution < -0.4 is 5.32 Å². The number of carbonyl (C=O) groups excluding carboxylic acids is 1. The highest BCUT2D eigenvalue weighted by atomic mass is 32.1. The summed E-state index contributed by atoms with van der Waals surface area (Å²) in [7, 11) is 0. The van der Waals surface area contributed by atoms with Crippen LogP contribution in [0.25, 0.3) is 6.08 Å². The maximum Gasteiger partial charge on any atom is 0.328 e. The maximum atomic E-state index is 12.1. The summed E-state index contributed by atoms with van der Waals surface area (Å²) < 4.78 is 0. The Morgan fingerprint density at radius 1 is 1.55 bits per heavy atom. The van der Waals surface area contributed by atoms with E-state index in [-0.39, 0.29) is 5.91 Å². The third-order valence-corrected chi connectivity index (χ3v) is 4.77. The maximum absolute atomic E-state index is 12.1. The molecule has 2 N–H and O–H groups in total. The summed E-state index contributed by atoms with van der Waals surface area (Å²) in [5.41, 5.74) is 0.924. The molecule has 5 heteroatoms. The minimum atomic E-state index is -0.984. The van der Waals surface area contributed by atoms with Crippen LogP contribution >= 0.6 is 11.3 Å². The lowest BCUT2D eigenvalue weighted by molar-refractivity contribution is -0.131. The third kappa shape index (κ3) is 3.93. The van der Waals surface area contributed by atoms with Gasteiger partial charge in [-0.05, 0) is 49.3 Å². The van der Waals surface area contributed by atoms with Crippen molar-refractivity contribution >= 4 is 29.3 Å². The van der Waals surface area contributed by atoms with Gasteiger partial charge in [0.05, 0.1) is 4.88 Å². The molecule has 108 valence electrons. The number of thiophene rings is 1. The van der Waals surface area contributed by atoms with Gasteiger partial charge in [-0.15, -0.1) is 11.3 Å². The van der Waals surface area contributed by atoms with E-state index < -0.39 is 5.97 Å². The zero-order chi connectivity index (χ0) is 14.7. The second kappa shape index (κ2) is 6.22. The number of nitrogens with one attached hydrogen (secondary N) is 1. The molecule has 1 saturated carbocycles. The van der Waals surface area contributed by atoms with Gasteiger partial charge in [-0.1, -0.05) is 6.92 Å². The van der Waals surface area contributed by atoms with Crippen molar-refractivity contribution in [3.05, 3.63) is 27.5 Å². The van der Waals surface area contributed by atoms with Crippen LogP contribution in [0.5, 0.6) is 0 Å². The largest absolute Gasteiger partial charge is 0.478 e. The van der Waals surface area contributed by atoms with Crippen LogP contribution in [0.3, 0.4) is 0 Å². The Morgan fingerprint density at radius 3 is 2.85 bits per heavy atom. The highest BCUT2D eigenvalue weighted by Crippen LogP contribution is 2.36. The van der Waals surface area contributed by atoms with Gasteiger partial charge in [0.15, 0.2) is 0 Å². The second-order valence-corrected chi connectivity index (χ2v) is 6.44. The molecule has 4 nitrogen and oxygen atoms in total. The smallest absolute Gasteiger partial charge is 0.328 e. The number of aliphatic carboxylic acids is 1. The Hall–Kier alpha value is -1.62. The van der Waals surface area contributed by atoms with Crippen molar-refractivity contribution in [2.24, 2.45) is 11.8 Å². The fourth-order valence-electron chi connectivity index (χ4n) is 2.09. The number of amides is 1. The lowest BCUT2D eigenvalue weighted by Gasteiger charge is -2.10. The quantitative estimate of drug-likeness (QED) is 0.792. The molecule has 1 unspecified atom stereocenters. The summed E-state index contributed by atoms with van der Waals surface area (Å²) in [6.07, 6.45) is 5.18. The van der Waals surface area contributed by atoms with Gasteiger partial charge < -0.3 is 10.4 Å². The Morgan fingerprint density at radius 2 is 2.25 bits per heavy atom. The Kier molecular flexibility index (Phi) is 4.60. The zero-order valence-electron chi connectivity index (χ0n) is 11.7. The van der Waals surface area contributed by atoms with Gasteiger partial charge in [-0.25, -0.2) is 4.79 Å². The molecule has 20 heavy (non-hydrogen) atoms. The van der Waals surface area contributed by atoms with Crippen LogP contribution in [0.15, 0.2) is 12.1 Å². The van der Waals surface area contributed by atoms with Crippen LogP contribution in [0.1, 0.15) is 39.9 Å². The summed E-state index contributed by atoms with van der Waals surface area (Å²) in [4.78, 5) is 24.0. The first-order chi connectivity index (χ1) is 9.47. The molecule has 1 aliphatic rings. The molecule has 1 amide bonds. The molecule has 0 bridgehead atoms. The van der Waals surface area contributed by atoms with Crippen molar-refractivity contribution < 1.29 is 14.7 Å². The fourth-order valence-corrected chi connectivity index (χ4v) is 3.09. The molecule has 1 fully saturated rings. The molecule has 0 aromatic carbocycles. The molecule has 0 radical (unpaired) electrons. The first-order valence-corrected chi connectivity index (χ1v) is 7.58. The van der Waals surface area contributed by atoms with Gasteiger partial charge in [0.25, 0.3) is 5.91 Å². The van der Waals surface area contributed by atoms with Gasteiger partial charge in [-0.3, -0.25) is 4.79 Å². The Balaban J connectivity index is 1.95. The number of carboxylic acid groups (broad SMARTS) is 1. The monoisotopic (exact) mass is 293 g/mol. The van der Waals surface area contributed by atoms with Crippen molar-refractivity contribution in [2.45, 2.75) is 26.7 Å². The van der Waals surface area contributed by atoms with Gasteiger partial charge in [0, 0.05) is 17.5 Å². The van der Waals surface area contributed by atoms with Crippen LogP contribution in [0.4, 0.5) is 0 Å². The molecule has 1 heterocycles. The van der Waals surface area contributed by atoms with Gasteiger partial charge >= 0.3 is 5.97 Å². The molecular weight excluding hydrogens is 274 g/mol. The van der Waals surface area contributed by atoms with E-state index >= 15 is 0 Å². The van der Waals surface area contributed by atoms with E-state index in [1.807, 2.05) is 13.0 Å². The van der Waals surface area contributed by atoms with E-state index in [4.69, 9.17) is 5.11 Å². The summed E-state index contributed by atoms with van der Waals surface area (Å²) in [5.74, 6) is 0.253. The number of carbonyl (C=O) groups is 2. The Labute approximate surface area is 122 Å². The molecule has 1 atom stereocenters. The normalized spacial score (nSPS) is 16.3. The van der Waals surface area contributed by atoms with Crippen molar-refractivity contribution in [3.8, 4) is 0 Å². The number of hydrogen-bond donors (Lipinski definition) is 2. The molecule has 0 saturated heterocycles. The number of carboxylic acids is 1. The van der Waals surface area contributed by atoms with Crippen molar-refractivity contribution in [3.63, 3.8) is 0 Å². The van der Waals surface area contributed by atoms with E-state index in [0.29, 0.717) is 17.3 Å². The second-order valence-electron chi connectivity index (χ2n) is 5.35. The lowest BCUT2D eigenvalue weighted by Crippen LogP contribution is -2.28. The molecule has 0 aliphatic heterocycles. The van der Waals surface area contributed by atoms with Crippen LogP contribution in [0.2, 0.25) is 0 Å². The summed E-state index contributed by atoms with van der Waals surface area (Å²) >= 11 is 1.32. The standard InChI is InChI=1S/C15H19NO3S/c1-9-7-13(20-12(9)5-6-14(17)18)15(19)16-8-10(2)11-3-4-11/h5-7,10-11H,3-4,8H2,1-2H3,(H,16,19)(H,17,18)/b6-5+. The number of hydrogen-bond acceptors (Lipinski definition) is 3. The highest BCUT2D eigenvalue weighted by molar-refractivity contribution is 7.15. The van der Waals surface area contributed by atoms with Gasteiger partial charge in [0.2, 0.25) is 0 Å². The molecule has 1 aliphatic carbocycles. The molecule has 0 spiro atoms. The lowest BCUT2D eigenvalue weighted by atomic mass is 10.1. The summed E-state index contributed by atoms with van der Waals surface area (Å²) in [6, 6.07) is 1.81. The summed E-state index contributed by atoms with van der Waals surface area (Å²) in [5, 5.41) is 11.6. The summed E-state index contributed by atoms with van der Waals surface area (Å²) in [6.45, 7) is 4.75. The van der Waals surface area contributed by atoms with E-state index in [2.05, 4.69) is 12.2 Å². The van der Waals surface area contributed by atoms with Gasteiger partial charge in [-0.2, -0.15) is 0 Å². The van der Waals surface area contributed by atoms with Gasteiger partial charge in [0.1, 0.15) is 0 Å². The SMILES string of the molecule is Cc1cc(C(=O)NCC(C)C2CC2)sc1/C=C/C(=O)O. The topological polar surface area (TPSA) is 66.4 Å². The minimum absolute atomic E-state index is 0.0689. The Bertz CT molecular complexity index is 543. The van der Waals surface area contributed by atoms with Crippen LogP contribution in [-0.4, -0.2) is 23.5 Å². The molecule has 1 aromatic heterocycles. The highest BCUT2D eigenvalue weighted by Gasteiger charge is 2.28. The molecule has 2 rings (SSSR count). The molecular formula is C15H19NO3S. The third-order valence-electron chi connectivity index (χ3n) is 3.57. The predicted octanol–water partition coefficient (Wildman–Crippen LogP) is 2.93. The zero-order valence-corrected chi connectivity index (χ0v) is 12.5. The van der Waals surface area contributed by atoms with E-state index in [1.165, 1.54) is 30.3 Å².